The van der Waals surface area contributed by atoms with Crippen molar-refractivity contribution in [1.82, 2.24) is 4.90 Å². The van der Waals surface area contributed by atoms with Crippen LogP contribution < -0.4 is 4.74 Å². The quantitative estimate of drug-likeness (QED) is 0.790. The van der Waals surface area contributed by atoms with Crippen molar-refractivity contribution in [2.45, 2.75) is 39.0 Å². The fourth-order valence-electron chi connectivity index (χ4n) is 2.62. The molecular weight excluding hydrogens is 250 g/mol. The summed E-state index contributed by atoms with van der Waals surface area (Å²) >= 11 is 0. The van der Waals surface area contributed by atoms with E-state index in [2.05, 4.69) is 25.7 Å². The van der Waals surface area contributed by atoms with Gasteiger partial charge in [-0.15, -0.1) is 0 Å². The third-order valence-corrected chi connectivity index (χ3v) is 3.93. The van der Waals surface area contributed by atoms with Gasteiger partial charge in [0, 0.05) is 0 Å². The number of benzene rings is 1. The molecule has 1 heterocycles. The van der Waals surface area contributed by atoms with Crippen molar-refractivity contribution in [2.24, 2.45) is 0 Å². The minimum absolute atomic E-state index is 0.0367. The Morgan fingerprint density at radius 3 is 2.45 bits per heavy atom. The minimum Gasteiger partial charge on any atom is -0.496 e. The van der Waals surface area contributed by atoms with Gasteiger partial charge in [-0.2, -0.15) is 0 Å². The predicted molar refractivity (Wildman–Crippen MR) is 81.7 cm³/mol. The van der Waals surface area contributed by atoms with Crippen LogP contribution in [0.25, 0.3) is 0 Å². The molecule has 1 aromatic rings. The Bertz CT molecular complexity index is 482. The number of methoxy groups -OCH3 is 1. The van der Waals surface area contributed by atoms with Crippen LogP contribution in [-0.2, 0) is 5.41 Å². The van der Waals surface area contributed by atoms with Crippen molar-refractivity contribution < 1.29 is 9.53 Å². The topological polar surface area (TPSA) is 29.5 Å². The lowest BCUT2D eigenvalue weighted by Gasteiger charge is -2.21. The number of hydrogen-bond donors (Lipinski definition) is 0. The average Bonchev–Trinajstić information content (AvgIpc) is 2.89. The molecule has 0 bridgehead atoms. The molecule has 0 atom stereocenters. The Labute approximate surface area is 121 Å². The Morgan fingerprint density at radius 2 is 1.90 bits per heavy atom. The third-order valence-electron chi connectivity index (χ3n) is 3.93. The SMILES string of the molecule is COc1ccc(C(C)(C)C)cc1C(=O)CN1CCCC1. The van der Waals surface area contributed by atoms with Gasteiger partial charge in [0.15, 0.2) is 5.78 Å². The number of ether oxygens (including phenoxy) is 1. The maximum absolute atomic E-state index is 12.5. The summed E-state index contributed by atoms with van der Waals surface area (Å²) in [6.45, 7) is 9.04. The van der Waals surface area contributed by atoms with Crippen molar-refractivity contribution in [1.29, 1.82) is 0 Å². The molecule has 1 fully saturated rings. The van der Waals surface area contributed by atoms with Crippen LogP contribution in [0.2, 0.25) is 0 Å². The molecule has 0 aromatic heterocycles. The minimum atomic E-state index is 0.0367. The molecule has 0 saturated carbocycles. The molecule has 1 aromatic carbocycles. The van der Waals surface area contributed by atoms with Crippen molar-refractivity contribution in [3.8, 4) is 5.75 Å². The lowest BCUT2D eigenvalue weighted by atomic mass is 9.85. The second kappa shape index (κ2) is 5.96. The summed E-state index contributed by atoms with van der Waals surface area (Å²) in [6.07, 6.45) is 2.40. The van der Waals surface area contributed by atoms with Crippen LogP contribution >= 0.6 is 0 Å². The number of hydrogen-bond acceptors (Lipinski definition) is 3. The maximum atomic E-state index is 12.5. The largest absolute Gasteiger partial charge is 0.496 e. The van der Waals surface area contributed by atoms with Gasteiger partial charge < -0.3 is 4.74 Å². The predicted octanol–water partition coefficient (Wildman–Crippen LogP) is 3.27. The molecule has 3 heteroatoms. The highest BCUT2D eigenvalue weighted by Crippen LogP contribution is 2.28. The van der Waals surface area contributed by atoms with Crippen LogP contribution in [0.3, 0.4) is 0 Å². The number of likely N-dealkylation sites (tertiary alicyclic amines) is 1. The van der Waals surface area contributed by atoms with Gasteiger partial charge in [0.25, 0.3) is 0 Å². The first-order valence-corrected chi connectivity index (χ1v) is 7.36. The van der Waals surface area contributed by atoms with E-state index in [-0.39, 0.29) is 11.2 Å². The molecule has 0 radical (unpaired) electrons. The van der Waals surface area contributed by atoms with Crippen LogP contribution in [-0.4, -0.2) is 37.4 Å². The molecule has 0 unspecified atom stereocenters. The molecule has 3 nitrogen and oxygen atoms in total. The first-order valence-electron chi connectivity index (χ1n) is 7.36. The van der Waals surface area contributed by atoms with E-state index in [1.165, 1.54) is 18.4 Å². The molecule has 0 aliphatic carbocycles. The molecule has 1 aliphatic heterocycles. The molecule has 2 rings (SSSR count). The number of ketones is 1. The molecule has 0 N–H and O–H groups in total. The monoisotopic (exact) mass is 275 g/mol. The van der Waals surface area contributed by atoms with Crippen LogP contribution in [0.5, 0.6) is 5.75 Å². The molecule has 0 spiro atoms. The van der Waals surface area contributed by atoms with Gasteiger partial charge in [0.1, 0.15) is 5.75 Å². The summed E-state index contributed by atoms with van der Waals surface area (Å²) in [5.41, 5.74) is 1.92. The molecule has 0 amide bonds. The van der Waals surface area contributed by atoms with E-state index in [0.29, 0.717) is 17.9 Å². The van der Waals surface area contributed by atoms with Crippen LogP contribution in [0.1, 0.15) is 49.5 Å². The number of carbonyl (C=O) groups excluding carboxylic acids is 1. The second-order valence-electron chi connectivity index (χ2n) is 6.57. The van der Waals surface area contributed by atoms with Gasteiger partial charge in [-0.05, 0) is 49.0 Å². The zero-order valence-electron chi connectivity index (χ0n) is 13.0. The van der Waals surface area contributed by atoms with E-state index < -0.39 is 0 Å². The summed E-state index contributed by atoms with van der Waals surface area (Å²) in [5, 5.41) is 0. The van der Waals surface area contributed by atoms with Gasteiger partial charge in [0.2, 0.25) is 0 Å². The summed E-state index contributed by atoms with van der Waals surface area (Å²) in [7, 11) is 1.62. The van der Waals surface area contributed by atoms with Gasteiger partial charge >= 0.3 is 0 Å². The lowest BCUT2D eigenvalue weighted by molar-refractivity contribution is 0.0942. The number of rotatable bonds is 4. The van der Waals surface area contributed by atoms with Crippen molar-refractivity contribution in [3.63, 3.8) is 0 Å². The highest BCUT2D eigenvalue weighted by molar-refractivity contribution is 6.00. The van der Waals surface area contributed by atoms with Crippen molar-refractivity contribution in [3.05, 3.63) is 29.3 Å². The molecular formula is C17H25NO2. The van der Waals surface area contributed by atoms with Gasteiger partial charge in [-0.25, -0.2) is 0 Å². The second-order valence-corrected chi connectivity index (χ2v) is 6.57. The van der Waals surface area contributed by atoms with Crippen LogP contribution in [0.15, 0.2) is 18.2 Å². The Hall–Kier alpha value is -1.35. The highest BCUT2D eigenvalue weighted by Gasteiger charge is 2.21. The number of carbonyl (C=O) groups is 1. The molecule has 1 saturated heterocycles. The molecule has 110 valence electrons. The fourth-order valence-corrected chi connectivity index (χ4v) is 2.62. The average molecular weight is 275 g/mol. The van der Waals surface area contributed by atoms with Gasteiger partial charge in [0.05, 0.1) is 19.2 Å². The first-order chi connectivity index (χ1) is 9.41. The smallest absolute Gasteiger partial charge is 0.180 e. The fraction of sp³-hybridized carbons (Fsp3) is 0.588. The summed E-state index contributed by atoms with van der Waals surface area (Å²) in [6, 6.07) is 5.96. The van der Waals surface area contributed by atoms with Gasteiger partial charge in [-0.1, -0.05) is 26.8 Å². The zero-order valence-corrected chi connectivity index (χ0v) is 13.0. The maximum Gasteiger partial charge on any atom is 0.180 e. The zero-order chi connectivity index (χ0) is 14.8. The standard InChI is InChI=1S/C17H25NO2/c1-17(2,3)13-7-8-16(20-4)14(11-13)15(19)12-18-9-5-6-10-18/h7-8,11H,5-6,9-10,12H2,1-4H3. The molecule has 20 heavy (non-hydrogen) atoms. The van der Waals surface area contributed by atoms with Crippen molar-refractivity contribution in [2.75, 3.05) is 26.7 Å². The first kappa shape index (κ1) is 15.0. The van der Waals surface area contributed by atoms with E-state index in [1.807, 2.05) is 18.2 Å². The summed E-state index contributed by atoms with van der Waals surface area (Å²) in [4.78, 5) is 14.8. The Balaban J connectivity index is 2.25. The van der Waals surface area contributed by atoms with E-state index in [0.717, 1.165) is 13.1 Å². The van der Waals surface area contributed by atoms with E-state index >= 15 is 0 Å². The Kier molecular flexibility index (Phi) is 4.48. The van der Waals surface area contributed by atoms with Gasteiger partial charge in [-0.3, -0.25) is 9.69 Å². The van der Waals surface area contributed by atoms with Crippen LogP contribution in [0.4, 0.5) is 0 Å². The normalized spacial score (nSPS) is 16.4. The lowest BCUT2D eigenvalue weighted by Crippen LogP contribution is -2.27. The van der Waals surface area contributed by atoms with E-state index in [4.69, 9.17) is 4.74 Å². The number of Topliss-reactive ketones (excluding diaryl/α,β-unsaturated/α-hetero) is 1. The number of nitrogens with zero attached hydrogens (tertiary/aromatic N) is 1. The van der Waals surface area contributed by atoms with E-state index in [9.17, 15) is 4.79 Å². The van der Waals surface area contributed by atoms with Crippen molar-refractivity contribution >= 4 is 5.78 Å². The highest BCUT2D eigenvalue weighted by atomic mass is 16.5. The third kappa shape index (κ3) is 3.40. The Morgan fingerprint density at radius 1 is 1.25 bits per heavy atom. The summed E-state index contributed by atoms with van der Waals surface area (Å²) < 4.78 is 5.36. The molecule has 1 aliphatic rings. The van der Waals surface area contributed by atoms with E-state index in [1.54, 1.807) is 7.11 Å². The summed E-state index contributed by atoms with van der Waals surface area (Å²) in [5.74, 6) is 0.844. The van der Waals surface area contributed by atoms with Crippen LogP contribution in [0, 0.1) is 0 Å².